The fraction of sp³-hybridized carbons (Fsp3) is 0.533. The van der Waals surface area contributed by atoms with E-state index in [0.29, 0.717) is 5.56 Å². The van der Waals surface area contributed by atoms with Crippen LogP contribution in [0.4, 0.5) is 0 Å². The van der Waals surface area contributed by atoms with Gasteiger partial charge in [0, 0.05) is 11.6 Å². The van der Waals surface area contributed by atoms with Gasteiger partial charge in [0.25, 0.3) is 5.91 Å². The van der Waals surface area contributed by atoms with E-state index in [0.717, 1.165) is 18.4 Å². The molecule has 18 heavy (non-hydrogen) atoms. The molecule has 0 heterocycles. The SMILES string of the molecule is Cc1cc(O)ccc1C(=O)NC1CCCC1(C)C. The highest BCUT2D eigenvalue weighted by atomic mass is 16.3. The summed E-state index contributed by atoms with van der Waals surface area (Å²) in [5.41, 5.74) is 1.64. The van der Waals surface area contributed by atoms with E-state index in [1.807, 2.05) is 6.92 Å². The fourth-order valence-electron chi connectivity index (χ4n) is 2.73. The van der Waals surface area contributed by atoms with Gasteiger partial charge in [0.2, 0.25) is 0 Å². The molecule has 2 N–H and O–H groups in total. The molecule has 0 aliphatic heterocycles. The summed E-state index contributed by atoms with van der Waals surface area (Å²) in [6, 6.07) is 5.11. The van der Waals surface area contributed by atoms with Gasteiger partial charge < -0.3 is 10.4 Å². The number of benzene rings is 1. The number of aromatic hydroxyl groups is 1. The number of hydrogen-bond acceptors (Lipinski definition) is 2. The van der Waals surface area contributed by atoms with E-state index in [9.17, 15) is 9.90 Å². The van der Waals surface area contributed by atoms with Crippen LogP contribution >= 0.6 is 0 Å². The summed E-state index contributed by atoms with van der Waals surface area (Å²) in [4.78, 5) is 12.2. The first kappa shape index (κ1) is 12.9. The van der Waals surface area contributed by atoms with Crippen molar-refractivity contribution in [1.82, 2.24) is 5.32 Å². The topological polar surface area (TPSA) is 49.3 Å². The quantitative estimate of drug-likeness (QED) is 0.844. The van der Waals surface area contributed by atoms with Crippen LogP contribution in [0.5, 0.6) is 5.75 Å². The molecule has 0 bridgehead atoms. The number of phenolic OH excluding ortho intramolecular Hbond substituents is 1. The average Bonchev–Trinajstić information content (AvgIpc) is 2.58. The monoisotopic (exact) mass is 247 g/mol. The number of phenols is 1. The predicted molar refractivity (Wildman–Crippen MR) is 71.7 cm³/mol. The zero-order valence-corrected chi connectivity index (χ0v) is 11.3. The van der Waals surface area contributed by atoms with Crippen LogP contribution in [0.3, 0.4) is 0 Å². The van der Waals surface area contributed by atoms with Crippen molar-refractivity contribution in [1.29, 1.82) is 0 Å². The van der Waals surface area contributed by atoms with Gasteiger partial charge in [-0.15, -0.1) is 0 Å². The van der Waals surface area contributed by atoms with E-state index < -0.39 is 0 Å². The second-order valence-electron chi connectivity index (χ2n) is 5.91. The van der Waals surface area contributed by atoms with Crippen molar-refractivity contribution >= 4 is 5.91 Å². The van der Waals surface area contributed by atoms with Crippen LogP contribution in [-0.4, -0.2) is 17.1 Å². The van der Waals surface area contributed by atoms with Crippen molar-refractivity contribution in [2.75, 3.05) is 0 Å². The van der Waals surface area contributed by atoms with Crippen LogP contribution < -0.4 is 5.32 Å². The van der Waals surface area contributed by atoms with Crippen LogP contribution in [0, 0.1) is 12.3 Å². The first-order chi connectivity index (χ1) is 8.40. The molecule has 1 aliphatic carbocycles. The van der Waals surface area contributed by atoms with Crippen molar-refractivity contribution < 1.29 is 9.90 Å². The molecule has 1 atom stereocenters. The molecule has 0 saturated heterocycles. The number of amides is 1. The fourth-order valence-corrected chi connectivity index (χ4v) is 2.73. The van der Waals surface area contributed by atoms with Crippen LogP contribution in [0.1, 0.15) is 49.0 Å². The first-order valence-corrected chi connectivity index (χ1v) is 6.50. The number of carbonyl (C=O) groups excluding carboxylic acids is 1. The summed E-state index contributed by atoms with van der Waals surface area (Å²) in [6.45, 7) is 6.25. The molecule has 1 aromatic rings. The third-order valence-corrected chi connectivity index (χ3v) is 4.02. The second kappa shape index (κ2) is 4.63. The van der Waals surface area contributed by atoms with Gasteiger partial charge in [-0.25, -0.2) is 0 Å². The van der Waals surface area contributed by atoms with Gasteiger partial charge in [0.05, 0.1) is 0 Å². The summed E-state index contributed by atoms with van der Waals surface area (Å²) in [7, 11) is 0. The Labute approximate surface area is 108 Å². The van der Waals surface area contributed by atoms with Gasteiger partial charge >= 0.3 is 0 Å². The second-order valence-corrected chi connectivity index (χ2v) is 5.91. The van der Waals surface area contributed by atoms with E-state index in [1.54, 1.807) is 18.2 Å². The van der Waals surface area contributed by atoms with Gasteiger partial charge in [0.15, 0.2) is 0 Å². The zero-order valence-electron chi connectivity index (χ0n) is 11.3. The Balaban J connectivity index is 2.13. The van der Waals surface area contributed by atoms with Crippen molar-refractivity contribution in [3.05, 3.63) is 29.3 Å². The van der Waals surface area contributed by atoms with Gasteiger partial charge in [-0.2, -0.15) is 0 Å². The Hall–Kier alpha value is -1.51. The highest BCUT2D eigenvalue weighted by molar-refractivity contribution is 5.96. The Morgan fingerprint density at radius 2 is 2.17 bits per heavy atom. The Bertz CT molecular complexity index is 466. The third-order valence-electron chi connectivity index (χ3n) is 4.02. The molecule has 2 rings (SSSR count). The molecule has 0 aromatic heterocycles. The minimum Gasteiger partial charge on any atom is -0.508 e. The minimum atomic E-state index is -0.0347. The molecule has 0 spiro atoms. The number of hydrogen-bond donors (Lipinski definition) is 2. The van der Waals surface area contributed by atoms with Crippen molar-refractivity contribution in [2.24, 2.45) is 5.41 Å². The number of aryl methyl sites for hydroxylation is 1. The van der Waals surface area contributed by atoms with Gasteiger partial charge in [-0.3, -0.25) is 4.79 Å². The molecule has 0 radical (unpaired) electrons. The molecule has 1 unspecified atom stereocenters. The lowest BCUT2D eigenvalue weighted by Gasteiger charge is -2.28. The van der Waals surface area contributed by atoms with Crippen LogP contribution in [-0.2, 0) is 0 Å². The molecule has 98 valence electrons. The van der Waals surface area contributed by atoms with Crippen LogP contribution in [0.2, 0.25) is 0 Å². The predicted octanol–water partition coefficient (Wildman–Crippen LogP) is 3.01. The summed E-state index contributed by atoms with van der Waals surface area (Å²) in [5.74, 6) is 0.165. The van der Waals surface area contributed by atoms with Crippen molar-refractivity contribution in [3.63, 3.8) is 0 Å². The molecule has 3 heteroatoms. The van der Waals surface area contributed by atoms with E-state index in [1.165, 1.54) is 6.42 Å². The molecule has 1 saturated carbocycles. The molecule has 3 nitrogen and oxygen atoms in total. The molecular weight excluding hydrogens is 226 g/mol. The standard InChI is InChI=1S/C15H21NO2/c1-10-9-11(17)6-7-12(10)14(18)16-13-5-4-8-15(13,2)3/h6-7,9,13,17H,4-5,8H2,1-3H3,(H,16,18). The number of rotatable bonds is 2. The minimum absolute atomic E-state index is 0.0347. The van der Waals surface area contributed by atoms with E-state index >= 15 is 0 Å². The van der Waals surface area contributed by atoms with Gasteiger partial charge in [0.1, 0.15) is 5.75 Å². The largest absolute Gasteiger partial charge is 0.508 e. The molecule has 1 aliphatic rings. The smallest absolute Gasteiger partial charge is 0.251 e. The summed E-state index contributed by atoms with van der Waals surface area (Å²) >= 11 is 0. The first-order valence-electron chi connectivity index (χ1n) is 6.50. The maximum atomic E-state index is 12.2. The van der Waals surface area contributed by atoms with E-state index in [4.69, 9.17) is 0 Å². The maximum Gasteiger partial charge on any atom is 0.251 e. The van der Waals surface area contributed by atoms with E-state index in [-0.39, 0.29) is 23.1 Å². The third kappa shape index (κ3) is 2.50. The maximum absolute atomic E-state index is 12.2. The molecule has 1 aromatic carbocycles. The Kier molecular flexibility index (Phi) is 3.33. The molecule has 1 fully saturated rings. The van der Waals surface area contributed by atoms with E-state index in [2.05, 4.69) is 19.2 Å². The summed E-state index contributed by atoms with van der Waals surface area (Å²) < 4.78 is 0. The van der Waals surface area contributed by atoms with Crippen molar-refractivity contribution in [2.45, 2.75) is 46.1 Å². The lowest BCUT2D eigenvalue weighted by atomic mass is 9.87. The molecule has 1 amide bonds. The number of carbonyl (C=O) groups is 1. The zero-order chi connectivity index (χ0) is 13.3. The van der Waals surface area contributed by atoms with Gasteiger partial charge in [-0.1, -0.05) is 20.3 Å². The highest BCUT2D eigenvalue weighted by Gasteiger charge is 2.35. The summed E-state index contributed by atoms with van der Waals surface area (Å²) in [5, 5.41) is 12.5. The van der Waals surface area contributed by atoms with Gasteiger partial charge in [-0.05, 0) is 48.9 Å². The average molecular weight is 247 g/mol. The normalized spacial score (nSPS) is 21.8. The number of nitrogens with one attached hydrogen (secondary N) is 1. The Morgan fingerprint density at radius 1 is 1.44 bits per heavy atom. The summed E-state index contributed by atoms with van der Waals surface area (Å²) in [6.07, 6.45) is 3.38. The highest BCUT2D eigenvalue weighted by Crippen LogP contribution is 2.37. The van der Waals surface area contributed by atoms with Crippen LogP contribution in [0.25, 0.3) is 0 Å². The lowest BCUT2D eigenvalue weighted by Crippen LogP contribution is -2.41. The van der Waals surface area contributed by atoms with Crippen LogP contribution in [0.15, 0.2) is 18.2 Å². The lowest BCUT2D eigenvalue weighted by molar-refractivity contribution is 0.0909. The Morgan fingerprint density at radius 3 is 2.72 bits per heavy atom. The molecular formula is C15H21NO2. The van der Waals surface area contributed by atoms with Crippen molar-refractivity contribution in [3.8, 4) is 5.75 Å².